The Labute approximate surface area is 95.4 Å². The van der Waals surface area contributed by atoms with E-state index in [9.17, 15) is 0 Å². The number of hydrogen-bond donors (Lipinski definition) is 0. The van der Waals surface area contributed by atoms with E-state index in [-0.39, 0.29) is 0 Å². The summed E-state index contributed by atoms with van der Waals surface area (Å²) >= 11 is 0. The van der Waals surface area contributed by atoms with Gasteiger partial charge in [0.05, 0.1) is 12.7 Å². The second kappa shape index (κ2) is 7.20. The van der Waals surface area contributed by atoms with Crippen LogP contribution < -0.4 is 0 Å². The zero-order valence-electron chi connectivity index (χ0n) is 10.1. The van der Waals surface area contributed by atoms with E-state index in [1.165, 1.54) is 24.9 Å². The molecule has 3 heteroatoms. The number of hydrogen-bond acceptors (Lipinski definition) is 2. The minimum absolute atomic E-state index is 0.400. The fraction of sp³-hybridized carbons (Fsp3) is 0.833. The van der Waals surface area contributed by atoms with Crippen LogP contribution in [0.2, 0.25) is 12.1 Å². The maximum atomic E-state index is 5.85. The lowest BCUT2D eigenvalue weighted by atomic mass is 10.3. The quantitative estimate of drug-likeness (QED) is 0.514. The van der Waals surface area contributed by atoms with Gasteiger partial charge in [-0.05, 0) is 31.9 Å². The van der Waals surface area contributed by atoms with E-state index < -0.39 is 9.04 Å². The molecule has 1 saturated heterocycles. The van der Waals surface area contributed by atoms with Gasteiger partial charge in [0.25, 0.3) is 0 Å². The van der Waals surface area contributed by atoms with Gasteiger partial charge in [-0.2, -0.15) is 0 Å². The van der Waals surface area contributed by atoms with E-state index >= 15 is 0 Å². The average Bonchev–Trinajstić information content (AvgIpc) is 2.25. The van der Waals surface area contributed by atoms with E-state index in [0.29, 0.717) is 12.7 Å². The van der Waals surface area contributed by atoms with Gasteiger partial charge in [-0.15, -0.1) is 0 Å². The van der Waals surface area contributed by atoms with Crippen molar-refractivity contribution in [3.8, 4) is 0 Å². The summed E-state index contributed by atoms with van der Waals surface area (Å²) in [5, 5.41) is 0. The zero-order chi connectivity index (χ0) is 11.1. The minimum atomic E-state index is -0.919. The van der Waals surface area contributed by atoms with Gasteiger partial charge in [-0.1, -0.05) is 25.5 Å². The Kier molecular flexibility index (Phi) is 6.21. The molecule has 0 aromatic carbocycles. The highest BCUT2D eigenvalue weighted by Crippen LogP contribution is 2.18. The largest absolute Gasteiger partial charge is 0.420 e. The van der Waals surface area contributed by atoms with Crippen LogP contribution in [0.25, 0.3) is 0 Å². The van der Waals surface area contributed by atoms with Crippen LogP contribution in [0.5, 0.6) is 0 Å². The van der Waals surface area contributed by atoms with Crippen molar-refractivity contribution in [2.45, 2.75) is 51.3 Å². The summed E-state index contributed by atoms with van der Waals surface area (Å²) in [5.41, 5.74) is 1.11. The van der Waals surface area contributed by atoms with Gasteiger partial charge < -0.3 is 9.16 Å². The maximum Gasteiger partial charge on any atom is 0.179 e. The molecule has 1 heterocycles. The van der Waals surface area contributed by atoms with Crippen molar-refractivity contribution < 1.29 is 9.16 Å². The van der Waals surface area contributed by atoms with E-state index in [0.717, 1.165) is 18.6 Å². The molecule has 2 atom stereocenters. The Morgan fingerprint density at radius 1 is 1.53 bits per heavy atom. The van der Waals surface area contributed by atoms with Gasteiger partial charge in [0, 0.05) is 6.61 Å². The number of ether oxygens (including phenoxy) is 1. The first-order valence-corrected chi connectivity index (χ1v) is 8.20. The standard InChI is InChI=1S/C12H24O2Si/c1-4-12(13-9-11(2)3)10-15-8-6-5-7-14-15/h12,15H,2,4-10H2,1,3H3. The van der Waals surface area contributed by atoms with Crippen molar-refractivity contribution in [3.63, 3.8) is 0 Å². The second-order valence-corrected chi connectivity index (χ2v) is 7.15. The molecule has 15 heavy (non-hydrogen) atoms. The predicted molar refractivity (Wildman–Crippen MR) is 66.8 cm³/mol. The third-order valence-corrected chi connectivity index (χ3v) is 5.63. The van der Waals surface area contributed by atoms with Crippen molar-refractivity contribution in [1.29, 1.82) is 0 Å². The summed E-state index contributed by atoms with van der Waals surface area (Å²) in [7, 11) is -0.919. The summed E-state index contributed by atoms with van der Waals surface area (Å²) in [6, 6.07) is 2.52. The van der Waals surface area contributed by atoms with Crippen molar-refractivity contribution in [1.82, 2.24) is 0 Å². The fourth-order valence-electron chi connectivity index (χ4n) is 1.90. The summed E-state index contributed by atoms with van der Waals surface area (Å²) in [6.07, 6.45) is 4.12. The molecule has 0 aliphatic carbocycles. The fourth-order valence-corrected chi connectivity index (χ4v) is 4.74. The van der Waals surface area contributed by atoms with Crippen LogP contribution in [0.15, 0.2) is 12.2 Å². The minimum Gasteiger partial charge on any atom is -0.420 e. The highest BCUT2D eigenvalue weighted by atomic mass is 28.3. The SMILES string of the molecule is C=C(C)COC(CC)C[SiH]1CCCCO1. The smallest absolute Gasteiger partial charge is 0.179 e. The normalized spacial score (nSPS) is 23.7. The molecular formula is C12H24O2Si. The van der Waals surface area contributed by atoms with Crippen LogP contribution in [0.3, 0.4) is 0 Å². The summed E-state index contributed by atoms with van der Waals surface area (Å²) in [4.78, 5) is 0. The van der Waals surface area contributed by atoms with Gasteiger partial charge in [0.2, 0.25) is 0 Å². The topological polar surface area (TPSA) is 18.5 Å². The molecule has 1 aliphatic rings. The van der Waals surface area contributed by atoms with Gasteiger partial charge >= 0.3 is 0 Å². The van der Waals surface area contributed by atoms with Crippen molar-refractivity contribution in [2.75, 3.05) is 13.2 Å². The Morgan fingerprint density at radius 3 is 2.87 bits per heavy atom. The second-order valence-electron chi connectivity index (χ2n) is 4.52. The van der Waals surface area contributed by atoms with Gasteiger partial charge in [-0.3, -0.25) is 0 Å². The molecule has 0 saturated carbocycles. The highest BCUT2D eigenvalue weighted by molar-refractivity contribution is 6.52. The lowest BCUT2D eigenvalue weighted by molar-refractivity contribution is 0.0769. The number of rotatable bonds is 6. The monoisotopic (exact) mass is 228 g/mol. The molecular weight excluding hydrogens is 204 g/mol. The Morgan fingerprint density at radius 2 is 2.33 bits per heavy atom. The molecule has 0 aromatic heterocycles. The first-order valence-electron chi connectivity index (χ1n) is 6.10. The zero-order valence-corrected chi connectivity index (χ0v) is 11.3. The third-order valence-electron chi connectivity index (χ3n) is 2.82. The molecule has 0 spiro atoms. The first-order chi connectivity index (χ1) is 7.22. The lowest BCUT2D eigenvalue weighted by Crippen LogP contribution is -2.29. The molecule has 2 unspecified atom stereocenters. The van der Waals surface area contributed by atoms with Gasteiger partial charge in [-0.25, -0.2) is 0 Å². The summed E-state index contributed by atoms with van der Waals surface area (Å²) < 4.78 is 11.7. The average molecular weight is 228 g/mol. The predicted octanol–water partition coefficient (Wildman–Crippen LogP) is 2.89. The van der Waals surface area contributed by atoms with Crippen LogP contribution in [-0.2, 0) is 9.16 Å². The van der Waals surface area contributed by atoms with Crippen molar-refractivity contribution >= 4 is 9.04 Å². The Bertz CT molecular complexity index is 188. The molecule has 88 valence electrons. The van der Waals surface area contributed by atoms with E-state index in [1.807, 2.05) is 6.92 Å². The summed E-state index contributed by atoms with van der Waals surface area (Å²) in [5.74, 6) is 0. The summed E-state index contributed by atoms with van der Waals surface area (Å²) in [6.45, 7) is 9.77. The third kappa shape index (κ3) is 5.49. The van der Waals surface area contributed by atoms with Gasteiger partial charge in [0.1, 0.15) is 0 Å². The Balaban J connectivity index is 2.22. The molecule has 0 N–H and O–H groups in total. The molecule has 2 nitrogen and oxygen atoms in total. The maximum absolute atomic E-state index is 5.85. The molecule has 0 amide bonds. The van der Waals surface area contributed by atoms with Crippen molar-refractivity contribution in [3.05, 3.63) is 12.2 Å². The lowest BCUT2D eigenvalue weighted by Gasteiger charge is -2.25. The van der Waals surface area contributed by atoms with Crippen LogP contribution in [0.1, 0.15) is 33.1 Å². The molecule has 1 rings (SSSR count). The van der Waals surface area contributed by atoms with E-state index in [2.05, 4.69) is 13.5 Å². The molecule has 0 radical (unpaired) electrons. The van der Waals surface area contributed by atoms with E-state index in [1.54, 1.807) is 0 Å². The molecule has 1 fully saturated rings. The first kappa shape index (κ1) is 12.9. The van der Waals surface area contributed by atoms with Gasteiger partial charge in [0.15, 0.2) is 9.04 Å². The van der Waals surface area contributed by atoms with Crippen LogP contribution in [-0.4, -0.2) is 28.4 Å². The van der Waals surface area contributed by atoms with Crippen LogP contribution in [0.4, 0.5) is 0 Å². The van der Waals surface area contributed by atoms with Crippen molar-refractivity contribution in [2.24, 2.45) is 0 Å². The molecule has 1 aliphatic heterocycles. The molecule has 0 bridgehead atoms. The molecule has 0 aromatic rings. The van der Waals surface area contributed by atoms with Crippen LogP contribution in [0, 0.1) is 0 Å². The van der Waals surface area contributed by atoms with Crippen LogP contribution >= 0.6 is 0 Å². The Hall–Kier alpha value is -0.123. The van der Waals surface area contributed by atoms with E-state index in [4.69, 9.17) is 9.16 Å². The highest BCUT2D eigenvalue weighted by Gasteiger charge is 2.20.